The van der Waals surface area contributed by atoms with E-state index in [0.29, 0.717) is 11.9 Å². The van der Waals surface area contributed by atoms with Crippen LogP contribution in [0.5, 0.6) is 0 Å². The fourth-order valence-corrected chi connectivity index (χ4v) is 2.97. The van der Waals surface area contributed by atoms with E-state index in [2.05, 4.69) is 14.9 Å². The Bertz CT molecular complexity index is 650. The van der Waals surface area contributed by atoms with Crippen molar-refractivity contribution in [3.05, 3.63) is 48.3 Å². The first kappa shape index (κ1) is 16.5. The Morgan fingerprint density at radius 1 is 1.08 bits per heavy atom. The van der Waals surface area contributed by atoms with Gasteiger partial charge in [0.15, 0.2) is 0 Å². The number of anilines is 2. The van der Waals surface area contributed by atoms with Crippen molar-refractivity contribution in [3.8, 4) is 0 Å². The predicted molar refractivity (Wildman–Crippen MR) is 87.1 cm³/mol. The molecule has 4 nitrogen and oxygen atoms in total. The number of piperidine rings is 1. The van der Waals surface area contributed by atoms with E-state index in [1.807, 2.05) is 30.1 Å². The first-order valence-electron chi connectivity index (χ1n) is 7.87. The monoisotopic (exact) mass is 336 g/mol. The van der Waals surface area contributed by atoms with Crippen molar-refractivity contribution in [2.45, 2.75) is 25.1 Å². The molecule has 0 aliphatic carbocycles. The zero-order chi connectivity index (χ0) is 17.2. The number of aromatic nitrogens is 2. The second kappa shape index (κ2) is 6.67. The van der Waals surface area contributed by atoms with Gasteiger partial charge in [-0.2, -0.15) is 13.2 Å². The highest BCUT2D eigenvalue weighted by Crippen LogP contribution is 2.30. The fraction of sp³-hybridized carbons (Fsp3) is 0.412. The highest BCUT2D eigenvalue weighted by molar-refractivity contribution is 5.42. The van der Waals surface area contributed by atoms with Gasteiger partial charge in [-0.25, -0.2) is 9.97 Å². The van der Waals surface area contributed by atoms with Gasteiger partial charge in [-0.15, -0.1) is 0 Å². The maximum Gasteiger partial charge on any atom is 0.417 e. The lowest BCUT2D eigenvalue weighted by atomic mass is 10.0. The lowest BCUT2D eigenvalue weighted by Gasteiger charge is -2.37. The van der Waals surface area contributed by atoms with Crippen LogP contribution in [0.2, 0.25) is 0 Å². The summed E-state index contributed by atoms with van der Waals surface area (Å²) in [6, 6.07) is 8.73. The van der Waals surface area contributed by atoms with Crippen LogP contribution in [0.15, 0.2) is 42.7 Å². The van der Waals surface area contributed by atoms with Crippen molar-refractivity contribution in [3.63, 3.8) is 0 Å². The number of nitrogens with zero attached hydrogens (tertiary/aromatic N) is 4. The Labute approximate surface area is 138 Å². The molecule has 0 spiro atoms. The van der Waals surface area contributed by atoms with E-state index in [-0.39, 0.29) is 0 Å². The second-order valence-corrected chi connectivity index (χ2v) is 5.92. The van der Waals surface area contributed by atoms with Crippen LogP contribution >= 0.6 is 0 Å². The molecule has 2 aromatic rings. The van der Waals surface area contributed by atoms with Crippen LogP contribution in [0.1, 0.15) is 18.4 Å². The standard InChI is InChI=1S/C17H19F3N4/c1-23(15-4-2-3-9-21-15)14-7-10-24(11-8-14)16-6-5-13(12-22-16)17(18,19)20/h2-6,9,12,14H,7-8,10-11H2,1H3. The van der Waals surface area contributed by atoms with E-state index < -0.39 is 11.7 Å². The molecule has 3 rings (SSSR count). The number of halogens is 3. The topological polar surface area (TPSA) is 32.3 Å². The van der Waals surface area contributed by atoms with Gasteiger partial charge in [-0.1, -0.05) is 6.07 Å². The summed E-state index contributed by atoms with van der Waals surface area (Å²) in [5.74, 6) is 1.53. The highest BCUT2D eigenvalue weighted by Gasteiger charge is 2.31. The van der Waals surface area contributed by atoms with Crippen LogP contribution in [0.4, 0.5) is 24.8 Å². The summed E-state index contributed by atoms with van der Waals surface area (Å²) in [5, 5.41) is 0. The maximum atomic E-state index is 12.6. The molecule has 1 aliphatic rings. The fourth-order valence-electron chi connectivity index (χ4n) is 2.97. The molecule has 1 saturated heterocycles. The van der Waals surface area contributed by atoms with Crippen molar-refractivity contribution >= 4 is 11.6 Å². The quantitative estimate of drug-likeness (QED) is 0.857. The molecule has 3 heterocycles. The second-order valence-electron chi connectivity index (χ2n) is 5.92. The molecule has 0 radical (unpaired) electrons. The summed E-state index contributed by atoms with van der Waals surface area (Å²) in [7, 11) is 2.03. The molecule has 7 heteroatoms. The molecular weight excluding hydrogens is 317 g/mol. The summed E-state index contributed by atoms with van der Waals surface area (Å²) >= 11 is 0. The Kier molecular flexibility index (Phi) is 4.59. The molecule has 0 atom stereocenters. The molecule has 1 fully saturated rings. The van der Waals surface area contributed by atoms with Crippen molar-refractivity contribution in [1.29, 1.82) is 0 Å². The summed E-state index contributed by atoms with van der Waals surface area (Å²) in [5.41, 5.74) is -0.712. The minimum Gasteiger partial charge on any atom is -0.357 e. The Morgan fingerprint density at radius 3 is 2.38 bits per heavy atom. The van der Waals surface area contributed by atoms with Gasteiger partial charge in [0.1, 0.15) is 11.6 Å². The molecule has 0 unspecified atom stereocenters. The van der Waals surface area contributed by atoms with Crippen LogP contribution in [-0.2, 0) is 6.18 Å². The summed E-state index contributed by atoms with van der Waals surface area (Å²) in [4.78, 5) is 12.5. The third-order valence-electron chi connectivity index (χ3n) is 4.42. The minimum absolute atomic E-state index is 0.366. The summed E-state index contributed by atoms with van der Waals surface area (Å²) in [6.07, 6.45) is 0.157. The van der Waals surface area contributed by atoms with Crippen molar-refractivity contribution in [2.75, 3.05) is 29.9 Å². The third kappa shape index (κ3) is 3.60. The van der Waals surface area contributed by atoms with Gasteiger partial charge in [-0.3, -0.25) is 0 Å². The minimum atomic E-state index is -4.34. The number of rotatable bonds is 3. The van der Waals surface area contributed by atoms with Crippen LogP contribution in [0.3, 0.4) is 0 Å². The average Bonchev–Trinajstić information content (AvgIpc) is 2.61. The normalized spacial score (nSPS) is 16.2. The van der Waals surface area contributed by atoms with E-state index in [0.717, 1.165) is 44.0 Å². The SMILES string of the molecule is CN(c1ccccn1)C1CCN(c2ccc(C(F)(F)F)cn2)CC1. The van der Waals surface area contributed by atoms with Gasteiger partial charge < -0.3 is 9.80 Å². The largest absolute Gasteiger partial charge is 0.417 e. The molecule has 128 valence electrons. The molecule has 2 aromatic heterocycles. The Hall–Kier alpha value is -2.31. The Balaban J connectivity index is 1.61. The lowest BCUT2D eigenvalue weighted by Crippen LogP contribution is -2.44. The first-order valence-corrected chi connectivity index (χ1v) is 7.87. The first-order chi connectivity index (χ1) is 11.4. The molecule has 0 N–H and O–H groups in total. The Morgan fingerprint density at radius 2 is 1.83 bits per heavy atom. The molecule has 0 bridgehead atoms. The summed E-state index contributed by atoms with van der Waals surface area (Å²) < 4.78 is 37.8. The zero-order valence-corrected chi connectivity index (χ0v) is 13.4. The third-order valence-corrected chi connectivity index (χ3v) is 4.42. The van der Waals surface area contributed by atoms with Crippen molar-refractivity contribution < 1.29 is 13.2 Å². The molecule has 0 amide bonds. The van der Waals surface area contributed by atoms with E-state index in [1.54, 1.807) is 6.20 Å². The number of hydrogen-bond acceptors (Lipinski definition) is 4. The van der Waals surface area contributed by atoms with Crippen molar-refractivity contribution in [1.82, 2.24) is 9.97 Å². The zero-order valence-electron chi connectivity index (χ0n) is 13.4. The maximum absolute atomic E-state index is 12.6. The van der Waals surface area contributed by atoms with Gasteiger partial charge in [0.25, 0.3) is 0 Å². The van der Waals surface area contributed by atoms with E-state index in [9.17, 15) is 13.2 Å². The number of pyridine rings is 2. The van der Waals surface area contributed by atoms with Crippen LogP contribution in [-0.4, -0.2) is 36.1 Å². The van der Waals surface area contributed by atoms with Gasteiger partial charge >= 0.3 is 6.18 Å². The van der Waals surface area contributed by atoms with Crippen LogP contribution in [0, 0.1) is 0 Å². The smallest absolute Gasteiger partial charge is 0.357 e. The van der Waals surface area contributed by atoms with Gasteiger partial charge in [-0.05, 0) is 37.1 Å². The number of hydrogen-bond donors (Lipinski definition) is 0. The van der Waals surface area contributed by atoms with E-state index >= 15 is 0 Å². The molecular formula is C17H19F3N4. The van der Waals surface area contributed by atoms with Gasteiger partial charge in [0.05, 0.1) is 5.56 Å². The van der Waals surface area contributed by atoms with Gasteiger partial charge in [0, 0.05) is 38.6 Å². The van der Waals surface area contributed by atoms with E-state index in [1.165, 1.54) is 6.07 Å². The summed E-state index contributed by atoms with van der Waals surface area (Å²) in [6.45, 7) is 1.53. The number of alkyl halides is 3. The average molecular weight is 336 g/mol. The van der Waals surface area contributed by atoms with Crippen LogP contribution in [0.25, 0.3) is 0 Å². The molecule has 24 heavy (non-hydrogen) atoms. The van der Waals surface area contributed by atoms with Crippen LogP contribution < -0.4 is 9.80 Å². The predicted octanol–water partition coefficient (Wildman–Crippen LogP) is 3.60. The molecule has 0 aromatic carbocycles. The van der Waals surface area contributed by atoms with Crippen molar-refractivity contribution in [2.24, 2.45) is 0 Å². The lowest BCUT2D eigenvalue weighted by molar-refractivity contribution is -0.137. The highest BCUT2D eigenvalue weighted by atomic mass is 19.4. The van der Waals surface area contributed by atoms with E-state index in [4.69, 9.17) is 0 Å². The molecule has 0 saturated carbocycles. The molecule has 1 aliphatic heterocycles. The van der Waals surface area contributed by atoms with Gasteiger partial charge in [0.2, 0.25) is 0 Å².